The van der Waals surface area contributed by atoms with Gasteiger partial charge >= 0.3 is 0 Å². The molecule has 0 saturated carbocycles. The van der Waals surface area contributed by atoms with Crippen molar-refractivity contribution in [3.63, 3.8) is 0 Å². The molecule has 1 N–H and O–H groups in total. The van der Waals surface area contributed by atoms with E-state index in [2.05, 4.69) is 15.4 Å². The molecule has 0 aliphatic carbocycles. The van der Waals surface area contributed by atoms with E-state index in [1.54, 1.807) is 59.2 Å². The minimum atomic E-state index is -0.654. The number of carbonyl (C=O) groups excluding carboxylic acids is 2. The molecule has 5 rings (SSSR count). The van der Waals surface area contributed by atoms with Gasteiger partial charge in [0.2, 0.25) is 5.91 Å². The van der Waals surface area contributed by atoms with Crippen molar-refractivity contribution in [2.45, 2.75) is 19.0 Å². The largest absolute Gasteiger partial charge is 0.351 e. The van der Waals surface area contributed by atoms with E-state index in [0.29, 0.717) is 23.4 Å². The van der Waals surface area contributed by atoms with Crippen LogP contribution in [0.5, 0.6) is 0 Å². The molecule has 1 atom stereocenters. The molecule has 1 unspecified atom stereocenters. The summed E-state index contributed by atoms with van der Waals surface area (Å²) in [6.45, 7) is 0.603. The lowest BCUT2D eigenvalue weighted by Gasteiger charge is -2.31. The molecule has 8 heteroatoms. The van der Waals surface area contributed by atoms with Crippen LogP contribution in [0.2, 0.25) is 0 Å². The van der Waals surface area contributed by atoms with Crippen molar-refractivity contribution in [3.8, 4) is 0 Å². The van der Waals surface area contributed by atoms with Crippen molar-refractivity contribution in [1.29, 1.82) is 0 Å². The second-order valence-corrected chi connectivity index (χ2v) is 8.14. The first-order valence-electron chi connectivity index (χ1n) is 10.7. The number of benzene rings is 2. The molecule has 3 heterocycles. The summed E-state index contributed by atoms with van der Waals surface area (Å²) in [4.78, 5) is 32.7. The number of nitrogens with one attached hydrogen (secondary N) is 1. The van der Waals surface area contributed by atoms with E-state index in [0.717, 1.165) is 16.5 Å². The van der Waals surface area contributed by atoms with Gasteiger partial charge in [0.25, 0.3) is 5.91 Å². The molecule has 0 bridgehead atoms. The Morgan fingerprint density at radius 3 is 2.82 bits per heavy atom. The summed E-state index contributed by atoms with van der Waals surface area (Å²) in [5, 5.41) is 8.06. The van der Waals surface area contributed by atoms with Gasteiger partial charge in [-0.2, -0.15) is 5.10 Å². The van der Waals surface area contributed by atoms with Crippen LogP contribution >= 0.6 is 0 Å². The van der Waals surface area contributed by atoms with Crippen molar-refractivity contribution >= 4 is 22.7 Å². The number of fused-ring (bicyclic) bond motifs is 2. The number of rotatable bonds is 4. The third-order valence-corrected chi connectivity index (χ3v) is 5.92. The number of pyridine rings is 1. The quantitative estimate of drug-likeness (QED) is 0.526. The molecule has 4 aromatic rings. The third kappa shape index (κ3) is 3.95. The number of hydrogen-bond acceptors (Lipinski definition) is 4. The Balaban J connectivity index is 1.42. The Morgan fingerprint density at radius 2 is 1.97 bits per heavy atom. The van der Waals surface area contributed by atoms with E-state index in [-0.39, 0.29) is 30.7 Å². The van der Waals surface area contributed by atoms with Gasteiger partial charge in [-0.25, -0.2) is 4.39 Å². The van der Waals surface area contributed by atoms with Gasteiger partial charge in [-0.05, 0) is 24.3 Å². The van der Waals surface area contributed by atoms with Crippen LogP contribution in [0.25, 0.3) is 10.9 Å². The van der Waals surface area contributed by atoms with Gasteiger partial charge in [-0.3, -0.25) is 19.3 Å². The predicted octanol–water partition coefficient (Wildman–Crippen LogP) is 3.16. The highest BCUT2D eigenvalue weighted by atomic mass is 19.1. The van der Waals surface area contributed by atoms with Crippen molar-refractivity contribution in [3.05, 3.63) is 95.2 Å². The molecule has 7 nitrogen and oxygen atoms in total. The summed E-state index contributed by atoms with van der Waals surface area (Å²) in [7, 11) is 1.79. The molecule has 2 aromatic heterocycles. The first-order valence-corrected chi connectivity index (χ1v) is 10.7. The van der Waals surface area contributed by atoms with Crippen LogP contribution in [0.4, 0.5) is 4.39 Å². The Bertz CT molecular complexity index is 1360. The van der Waals surface area contributed by atoms with Gasteiger partial charge < -0.3 is 10.2 Å². The Kier molecular flexibility index (Phi) is 5.34. The lowest BCUT2D eigenvalue weighted by molar-refractivity contribution is -0.123. The molecule has 2 aromatic carbocycles. The topological polar surface area (TPSA) is 80.1 Å². The van der Waals surface area contributed by atoms with E-state index in [9.17, 15) is 14.0 Å². The number of amides is 2. The lowest BCUT2D eigenvalue weighted by atomic mass is 9.94. The number of hydrogen-bond donors (Lipinski definition) is 1. The Labute approximate surface area is 189 Å². The van der Waals surface area contributed by atoms with Crippen LogP contribution in [-0.2, 0) is 24.9 Å². The summed E-state index contributed by atoms with van der Waals surface area (Å²) in [6, 6.07) is 15.4. The molecule has 0 saturated heterocycles. The first-order chi connectivity index (χ1) is 16.0. The van der Waals surface area contributed by atoms with Crippen LogP contribution in [0.15, 0.2) is 67.0 Å². The zero-order valence-corrected chi connectivity index (χ0v) is 18.0. The Hall–Kier alpha value is -4.07. The summed E-state index contributed by atoms with van der Waals surface area (Å²) in [5.74, 6) is -1.49. The van der Waals surface area contributed by atoms with Gasteiger partial charge in [0.15, 0.2) is 0 Å². The molecule has 0 spiro atoms. The molecule has 1 aliphatic heterocycles. The standard InChI is InChI=1S/C25H22FN5O2/c1-30-13-17-14-31(25(33)19-7-4-10-22-18(19)8-5-11-27-22)15-20(23(17)29-30)24(32)28-12-16-6-2-3-9-21(16)26/h2-11,13,20H,12,14-15H2,1H3,(H,28,32). The molecule has 33 heavy (non-hydrogen) atoms. The van der Waals surface area contributed by atoms with E-state index >= 15 is 0 Å². The second kappa shape index (κ2) is 8.46. The van der Waals surface area contributed by atoms with Gasteiger partial charge in [-0.15, -0.1) is 0 Å². The van der Waals surface area contributed by atoms with Crippen LogP contribution in [0, 0.1) is 5.82 Å². The normalized spacial score (nSPS) is 15.3. The fourth-order valence-electron chi connectivity index (χ4n) is 4.32. The van der Waals surface area contributed by atoms with Gasteiger partial charge in [0, 0.05) is 61.2 Å². The predicted molar refractivity (Wildman–Crippen MR) is 121 cm³/mol. The highest BCUT2D eigenvalue weighted by Crippen LogP contribution is 2.29. The smallest absolute Gasteiger partial charge is 0.254 e. The van der Waals surface area contributed by atoms with Crippen molar-refractivity contribution in [1.82, 2.24) is 25.0 Å². The van der Waals surface area contributed by atoms with Gasteiger partial charge in [0.1, 0.15) is 5.82 Å². The molecule has 2 amide bonds. The fourth-order valence-corrected chi connectivity index (χ4v) is 4.32. The maximum absolute atomic E-state index is 14.0. The number of carbonyl (C=O) groups is 2. The molecule has 0 radical (unpaired) electrons. The maximum atomic E-state index is 14.0. The van der Waals surface area contributed by atoms with Gasteiger partial charge in [-0.1, -0.05) is 30.3 Å². The highest BCUT2D eigenvalue weighted by molar-refractivity contribution is 6.06. The third-order valence-electron chi connectivity index (χ3n) is 5.92. The summed E-state index contributed by atoms with van der Waals surface area (Å²) >= 11 is 0. The fraction of sp³-hybridized carbons (Fsp3) is 0.200. The molecule has 0 fully saturated rings. The van der Waals surface area contributed by atoms with Crippen molar-refractivity contribution in [2.75, 3.05) is 6.54 Å². The average molecular weight is 443 g/mol. The van der Waals surface area contributed by atoms with E-state index < -0.39 is 5.92 Å². The molecule has 166 valence electrons. The summed E-state index contributed by atoms with van der Waals surface area (Å²) in [6.07, 6.45) is 3.52. The van der Waals surface area contributed by atoms with E-state index in [1.165, 1.54) is 6.07 Å². The molecule has 1 aliphatic rings. The van der Waals surface area contributed by atoms with Crippen molar-refractivity contribution < 1.29 is 14.0 Å². The number of halogens is 1. The van der Waals surface area contributed by atoms with E-state index in [4.69, 9.17) is 0 Å². The first kappa shape index (κ1) is 20.8. The zero-order chi connectivity index (χ0) is 22.9. The Morgan fingerprint density at radius 1 is 1.12 bits per heavy atom. The summed E-state index contributed by atoms with van der Waals surface area (Å²) < 4.78 is 15.6. The minimum absolute atomic E-state index is 0.0626. The van der Waals surface area contributed by atoms with Crippen LogP contribution in [-0.4, -0.2) is 38.0 Å². The van der Waals surface area contributed by atoms with Crippen LogP contribution in [0.1, 0.15) is 33.1 Å². The van der Waals surface area contributed by atoms with Gasteiger partial charge in [0.05, 0.1) is 17.1 Å². The van der Waals surface area contributed by atoms with Crippen molar-refractivity contribution in [2.24, 2.45) is 7.05 Å². The van der Waals surface area contributed by atoms with Crippen LogP contribution in [0.3, 0.4) is 0 Å². The monoisotopic (exact) mass is 443 g/mol. The zero-order valence-electron chi connectivity index (χ0n) is 18.0. The molecular formula is C25H22FN5O2. The van der Waals surface area contributed by atoms with Crippen LogP contribution < -0.4 is 5.32 Å². The SMILES string of the molecule is Cn1cc2c(n1)C(C(=O)NCc1ccccc1F)CN(C(=O)c1cccc3ncccc13)C2. The highest BCUT2D eigenvalue weighted by Gasteiger charge is 2.35. The molecular weight excluding hydrogens is 421 g/mol. The maximum Gasteiger partial charge on any atom is 0.254 e. The minimum Gasteiger partial charge on any atom is -0.351 e. The number of aryl methyl sites for hydroxylation is 1. The number of aromatic nitrogens is 3. The second-order valence-electron chi connectivity index (χ2n) is 8.14. The average Bonchev–Trinajstić information content (AvgIpc) is 3.22. The summed E-state index contributed by atoms with van der Waals surface area (Å²) in [5.41, 5.74) is 3.15. The van der Waals surface area contributed by atoms with E-state index in [1.807, 2.05) is 18.3 Å². The lowest BCUT2D eigenvalue weighted by Crippen LogP contribution is -2.43. The number of nitrogens with zero attached hydrogens (tertiary/aromatic N) is 4.